The fourth-order valence-corrected chi connectivity index (χ4v) is 3.21. The first-order valence-electron chi connectivity index (χ1n) is 5.85. The van der Waals surface area contributed by atoms with E-state index < -0.39 is 15.8 Å². The van der Waals surface area contributed by atoms with Gasteiger partial charge in [-0.1, -0.05) is 11.6 Å². The van der Waals surface area contributed by atoms with Crippen LogP contribution in [0.15, 0.2) is 22.6 Å². The van der Waals surface area contributed by atoms with Crippen LogP contribution in [-0.4, -0.2) is 15.0 Å². The lowest BCUT2D eigenvalue weighted by Crippen LogP contribution is -2.26. The zero-order valence-electron chi connectivity index (χ0n) is 11.5. The average molecular weight is 286 g/mol. The minimum atomic E-state index is -3.70. The molecule has 0 aliphatic rings. The number of aryl methyl sites for hydroxylation is 1. The topological polar surface area (TPSA) is 72.2 Å². The van der Waals surface area contributed by atoms with Crippen molar-refractivity contribution in [1.29, 1.82) is 0 Å². The molecule has 3 N–H and O–H groups in total. The number of rotatable bonds is 4. The standard InChI is InChI=1S/C13H19FN2O2S/c1-8(2)5-6-16-19(17,18)13-9(3)7-11(14)12(15)10(13)4/h5,7,16H,6,15H2,1-4H3. The second-order valence-electron chi connectivity index (χ2n) is 4.68. The van der Waals surface area contributed by atoms with Crippen LogP contribution in [0.5, 0.6) is 0 Å². The summed E-state index contributed by atoms with van der Waals surface area (Å²) in [5, 5.41) is 0. The Labute approximate surface area is 113 Å². The van der Waals surface area contributed by atoms with E-state index in [1.807, 2.05) is 13.8 Å². The van der Waals surface area contributed by atoms with Gasteiger partial charge in [0.05, 0.1) is 10.6 Å². The van der Waals surface area contributed by atoms with E-state index in [-0.39, 0.29) is 22.7 Å². The van der Waals surface area contributed by atoms with E-state index in [9.17, 15) is 12.8 Å². The van der Waals surface area contributed by atoms with Crippen molar-refractivity contribution in [3.05, 3.63) is 34.7 Å². The molecule has 0 saturated heterocycles. The van der Waals surface area contributed by atoms with Gasteiger partial charge in [-0.25, -0.2) is 17.5 Å². The quantitative estimate of drug-likeness (QED) is 0.659. The molecule has 0 unspecified atom stereocenters. The number of halogens is 1. The lowest BCUT2D eigenvalue weighted by molar-refractivity contribution is 0.583. The van der Waals surface area contributed by atoms with E-state index in [2.05, 4.69) is 4.72 Å². The van der Waals surface area contributed by atoms with Gasteiger partial charge >= 0.3 is 0 Å². The van der Waals surface area contributed by atoms with Crippen LogP contribution in [0.25, 0.3) is 0 Å². The largest absolute Gasteiger partial charge is 0.396 e. The van der Waals surface area contributed by atoms with E-state index in [4.69, 9.17) is 5.73 Å². The third kappa shape index (κ3) is 3.54. The van der Waals surface area contributed by atoms with Gasteiger partial charge in [-0.05, 0) is 44.9 Å². The third-order valence-electron chi connectivity index (χ3n) is 2.76. The molecule has 19 heavy (non-hydrogen) atoms. The minimum absolute atomic E-state index is 0.0496. The highest BCUT2D eigenvalue weighted by Crippen LogP contribution is 2.27. The van der Waals surface area contributed by atoms with E-state index in [0.717, 1.165) is 11.6 Å². The van der Waals surface area contributed by atoms with Gasteiger partial charge in [0.15, 0.2) is 0 Å². The van der Waals surface area contributed by atoms with Crippen LogP contribution in [0.3, 0.4) is 0 Å². The number of hydrogen-bond acceptors (Lipinski definition) is 3. The summed E-state index contributed by atoms with van der Waals surface area (Å²) in [5.74, 6) is -0.599. The molecule has 0 heterocycles. The molecular weight excluding hydrogens is 267 g/mol. The van der Waals surface area contributed by atoms with Crippen LogP contribution in [-0.2, 0) is 10.0 Å². The zero-order chi connectivity index (χ0) is 14.8. The first-order chi connectivity index (χ1) is 8.66. The second kappa shape index (κ2) is 5.71. The molecule has 0 atom stereocenters. The van der Waals surface area contributed by atoms with Crippen LogP contribution in [0.4, 0.5) is 10.1 Å². The number of nitrogens with one attached hydrogen (secondary N) is 1. The maximum absolute atomic E-state index is 13.4. The number of benzene rings is 1. The van der Waals surface area contributed by atoms with Gasteiger partial charge in [0.25, 0.3) is 0 Å². The molecule has 4 nitrogen and oxygen atoms in total. The predicted molar refractivity (Wildman–Crippen MR) is 74.9 cm³/mol. The lowest BCUT2D eigenvalue weighted by atomic mass is 10.1. The molecule has 0 aliphatic heterocycles. The second-order valence-corrected chi connectivity index (χ2v) is 6.38. The predicted octanol–water partition coefficient (Wildman–Crippen LogP) is 2.27. The van der Waals surface area contributed by atoms with Gasteiger partial charge < -0.3 is 5.73 Å². The third-order valence-corrected chi connectivity index (χ3v) is 4.47. The van der Waals surface area contributed by atoms with Crippen LogP contribution >= 0.6 is 0 Å². The molecule has 0 spiro atoms. The number of nitrogen functional groups attached to an aromatic ring is 1. The molecule has 1 aromatic rings. The van der Waals surface area contributed by atoms with Crippen molar-refractivity contribution in [3.63, 3.8) is 0 Å². The van der Waals surface area contributed by atoms with E-state index >= 15 is 0 Å². The molecule has 0 fully saturated rings. The number of allylic oxidation sites excluding steroid dienone is 1. The number of hydrogen-bond donors (Lipinski definition) is 2. The highest BCUT2D eigenvalue weighted by molar-refractivity contribution is 7.89. The minimum Gasteiger partial charge on any atom is -0.396 e. The summed E-state index contributed by atoms with van der Waals surface area (Å²) >= 11 is 0. The highest BCUT2D eigenvalue weighted by atomic mass is 32.2. The number of anilines is 1. The van der Waals surface area contributed by atoms with Gasteiger partial charge in [0, 0.05) is 6.54 Å². The van der Waals surface area contributed by atoms with Crippen molar-refractivity contribution >= 4 is 15.7 Å². The van der Waals surface area contributed by atoms with Gasteiger partial charge in [-0.3, -0.25) is 0 Å². The Kier molecular flexibility index (Phi) is 4.70. The van der Waals surface area contributed by atoms with Gasteiger partial charge in [-0.2, -0.15) is 0 Å². The molecular formula is C13H19FN2O2S. The van der Waals surface area contributed by atoms with Crippen LogP contribution in [0.2, 0.25) is 0 Å². The Hall–Kier alpha value is -1.40. The van der Waals surface area contributed by atoms with Crippen LogP contribution < -0.4 is 10.5 Å². The van der Waals surface area contributed by atoms with Crippen molar-refractivity contribution in [2.75, 3.05) is 12.3 Å². The van der Waals surface area contributed by atoms with Crippen molar-refractivity contribution in [2.24, 2.45) is 0 Å². The first kappa shape index (κ1) is 15.7. The molecule has 0 radical (unpaired) electrons. The molecule has 0 aliphatic carbocycles. The summed E-state index contributed by atoms with van der Waals surface area (Å²) in [4.78, 5) is 0.0496. The van der Waals surface area contributed by atoms with Gasteiger partial charge in [0.2, 0.25) is 10.0 Å². The summed E-state index contributed by atoms with van der Waals surface area (Å²) in [6, 6.07) is 1.14. The number of sulfonamides is 1. The maximum Gasteiger partial charge on any atom is 0.241 e. The Morgan fingerprint density at radius 1 is 1.42 bits per heavy atom. The molecule has 1 rings (SSSR count). The fourth-order valence-electron chi connectivity index (χ4n) is 1.77. The lowest BCUT2D eigenvalue weighted by Gasteiger charge is -2.13. The summed E-state index contributed by atoms with van der Waals surface area (Å²) in [6.45, 7) is 6.99. The maximum atomic E-state index is 13.4. The SMILES string of the molecule is CC(C)=CCNS(=O)(=O)c1c(C)cc(F)c(N)c1C. The Bertz CT molecular complexity index is 618. The van der Waals surface area contributed by atoms with E-state index in [1.54, 1.807) is 13.0 Å². The Morgan fingerprint density at radius 3 is 2.53 bits per heavy atom. The van der Waals surface area contributed by atoms with Crippen LogP contribution in [0, 0.1) is 19.7 Å². The van der Waals surface area contributed by atoms with E-state index in [1.165, 1.54) is 6.92 Å². The Balaban J connectivity index is 3.23. The van der Waals surface area contributed by atoms with Crippen molar-refractivity contribution < 1.29 is 12.8 Å². The van der Waals surface area contributed by atoms with Crippen molar-refractivity contribution in [3.8, 4) is 0 Å². The fraction of sp³-hybridized carbons (Fsp3) is 0.385. The summed E-state index contributed by atoms with van der Waals surface area (Å²) in [6.07, 6.45) is 1.76. The number of nitrogens with two attached hydrogens (primary N) is 1. The van der Waals surface area contributed by atoms with Crippen LogP contribution in [0.1, 0.15) is 25.0 Å². The normalized spacial score (nSPS) is 11.4. The van der Waals surface area contributed by atoms with Crippen molar-refractivity contribution in [2.45, 2.75) is 32.6 Å². The average Bonchev–Trinajstić information content (AvgIpc) is 2.24. The molecule has 0 aromatic heterocycles. The smallest absolute Gasteiger partial charge is 0.241 e. The molecule has 0 amide bonds. The summed E-state index contributed by atoms with van der Waals surface area (Å²) < 4.78 is 40.3. The highest BCUT2D eigenvalue weighted by Gasteiger charge is 2.22. The summed E-state index contributed by atoms with van der Waals surface area (Å²) in [5.41, 5.74) is 7.00. The zero-order valence-corrected chi connectivity index (χ0v) is 12.4. The molecule has 1 aromatic carbocycles. The van der Waals surface area contributed by atoms with Gasteiger partial charge in [-0.15, -0.1) is 0 Å². The van der Waals surface area contributed by atoms with E-state index in [0.29, 0.717) is 5.56 Å². The molecule has 6 heteroatoms. The monoisotopic (exact) mass is 286 g/mol. The van der Waals surface area contributed by atoms with Gasteiger partial charge in [0.1, 0.15) is 5.82 Å². The van der Waals surface area contributed by atoms with Crippen molar-refractivity contribution in [1.82, 2.24) is 4.72 Å². The Morgan fingerprint density at radius 2 is 2.00 bits per heavy atom. The molecule has 106 valence electrons. The molecule has 0 saturated carbocycles. The first-order valence-corrected chi connectivity index (χ1v) is 7.33. The molecule has 0 bridgehead atoms. The summed E-state index contributed by atoms with van der Waals surface area (Å²) in [7, 11) is -3.70.